The van der Waals surface area contributed by atoms with Crippen molar-refractivity contribution < 1.29 is 0 Å². The van der Waals surface area contributed by atoms with Crippen LogP contribution in [0.25, 0.3) is 0 Å². The Morgan fingerprint density at radius 3 is 2.45 bits per heavy atom. The maximum Gasteiger partial charge on any atom is 0.0236 e. The third kappa shape index (κ3) is 2.19. The number of rotatable bonds is 0. The summed E-state index contributed by atoms with van der Waals surface area (Å²) >= 11 is 0. The summed E-state index contributed by atoms with van der Waals surface area (Å²) in [6.45, 7) is 12.7. The molecule has 1 heteroatoms. The standard InChI is InChI=1S/C10H17N/c1-9-6-5-7-11(8-9)10(2,3)4/h5-6H,1,7-8H2,2-4H3. The van der Waals surface area contributed by atoms with Gasteiger partial charge in [-0.3, -0.25) is 4.90 Å². The number of hydrogen-bond donors (Lipinski definition) is 0. The van der Waals surface area contributed by atoms with E-state index < -0.39 is 0 Å². The van der Waals surface area contributed by atoms with E-state index in [2.05, 4.69) is 44.4 Å². The normalized spacial score (nSPS) is 20.8. The first-order chi connectivity index (χ1) is 5.00. The van der Waals surface area contributed by atoms with Crippen molar-refractivity contribution in [3.05, 3.63) is 24.3 Å². The van der Waals surface area contributed by atoms with E-state index in [0.717, 1.165) is 13.1 Å². The van der Waals surface area contributed by atoms with Gasteiger partial charge in [-0.15, -0.1) is 0 Å². The summed E-state index contributed by atoms with van der Waals surface area (Å²) in [5.74, 6) is 0. The molecule has 0 spiro atoms. The highest BCUT2D eigenvalue weighted by Gasteiger charge is 2.21. The zero-order chi connectivity index (χ0) is 8.48. The summed E-state index contributed by atoms with van der Waals surface area (Å²) in [6.07, 6.45) is 4.29. The van der Waals surface area contributed by atoms with Crippen molar-refractivity contribution >= 4 is 0 Å². The molecule has 0 aromatic carbocycles. The minimum Gasteiger partial charge on any atom is -0.291 e. The van der Waals surface area contributed by atoms with Crippen molar-refractivity contribution in [3.8, 4) is 0 Å². The molecule has 0 amide bonds. The third-order valence-electron chi connectivity index (χ3n) is 2.02. The topological polar surface area (TPSA) is 3.24 Å². The largest absolute Gasteiger partial charge is 0.291 e. The summed E-state index contributed by atoms with van der Waals surface area (Å²) in [7, 11) is 0. The molecule has 11 heavy (non-hydrogen) atoms. The van der Waals surface area contributed by atoms with Gasteiger partial charge in [-0.25, -0.2) is 0 Å². The van der Waals surface area contributed by atoms with E-state index in [-0.39, 0.29) is 5.54 Å². The minimum absolute atomic E-state index is 0.272. The Morgan fingerprint density at radius 1 is 1.45 bits per heavy atom. The molecule has 0 aromatic rings. The predicted molar refractivity (Wildman–Crippen MR) is 49.6 cm³/mol. The fraction of sp³-hybridized carbons (Fsp3) is 0.600. The lowest BCUT2D eigenvalue weighted by Crippen LogP contribution is -2.43. The number of nitrogens with zero attached hydrogens (tertiary/aromatic N) is 1. The average molecular weight is 151 g/mol. The molecule has 1 nitrogen and oxygen atoms in total. The highest BCUT2D eigenvalue weighted by atomic mass is 15.2. The first-order valence-electron chi connectivity index (χ1n) is 4.09. The molecule has 0 radical (unpaired) electrons. The maximum absolute atomic E-state index is 3.95. The predicted octanol–water partition coefficient (Wildman–Crippen LogP) is 2.21. The van der Waals surface area contributed by atoms with E-state index in [1.165, 1.54) is 5.57 Å². The van der Waals surface area contributed by atoms with Gasteiger partial charge >= 0.3 is 0 Å². The van der Waals surface area contributed by atoms with Crippen LogP contribution in [0.1, 0.15) is 20.8 Å². The molecule has 0 aromatic heterocycles. The summed E-state index contributed by atoms with van der Waals surface area (Å²) < 4.78 is 0. The highest BCUT2D eigenvalue weighted by molar-refractivity contribution is 5.20. The minimum atomic E-state index is 0.272. The molecular weight excluding hydrogens is 134 g/mol. The van der Waals surface area contributed by atoms with Crippen LogP contribution in [0.3, 0.4) is 0 Å². The van der Waals surface area contributed by atoms with Gasteiger partial charge in [0.2, 0.25) is 0 Å². The van der Waals surface area contributed by atoms with Gasteiger partial charge in [-0.1, -0.05) is 18.7 Å². The fourth-order valence-electron chi connectivity index (χ4n) is 1.22. The van der Waals surface area contributed by atoms with Crippen LogP contribution in [-0.4, -0.2) is 23.5 Å². The zero-order valence-corrected chi connectivity index (χ0v) is 7.72. The second-order valence-corrected chi connectivity index (χ2v) is 4.11. The Morgan fingerprint density at radius 2 is 2.09 bits per heavy atom. The molecule has 0 atom stereocenters. The fourth-order valence-corrected chi connectivity index (χ4v) is 1.22. The van der Waals surface area contributed by atoms with E-state index >= 15 is 0 Å². The second kappa shape index (κ2) is 2.82. The van der Waals surface area contributed by atoms with Crippen molar-refractivity contribution in [2.45, 2.75) is 26.3 Å². The first kappa shape index (κ1) is 8.54. The van der Waals surface area contributed by atoms with Gasteiger partial charge in [0, 0.05) is 18.6 Å². The van der Waals surface area contributed by atoms with Gasteiger partial charge in [0.1, 0.15) is 0 Å². The van der Waals surface area contributed by atoms with E-state index in [9.17, 15) is 0 Å². The van der Waals surface area contributed by atoms with Crippen molar-refractivity contribution in [3.63, 3.8) is 0 Å². The van der Waals surface area contributed by atoms with Crippen molar-refractivity contribution in [1.82, 2.24) is 4.90 Å². The summed E-state index contributed by atoms with van der Waals surface area (Å²) in [5, 5.41) is 0. The SMILES string of the molecule is C=C1C=CCN(C(C)(C)C)C1. The Bertz CT molecular complexity index is 184. The quantitative estimate of drug-likeness (QED) is 0.513. The van der Waals surface area contributed by atoms with E-state index in [4.69, 9.17) is 0 Å². The van der Waals surface area contributed by atoms with Crippen molar-refractivity contribution in [1.29, 1.82) is 0 Å². The summed E-state index contributed by atoms with van der Waals surface area (Å²) in [4.78, 5) is 2.41. The van der Waals surface area contributed by atoms with Crippen LogP contribution in [0.2, 0.25) is 0 Å². The molecule has 62 valence electrons. The smallest absolute Gasteiger partial charge is 0.0236 e. The van der Waals surface area contributed by atoms with E-state index in [0.29, 0.717) is 0 Å². The Balaban J connectivity index is 2.64. The van der Waals surface area contributed by atoms with Crippen LogP contribution in [0.15, 0.2) is 24.3 Å². The van der Waals surface area contributed by atoms with Crippen molar-refractivity contribution in [2.75, 3.05) is 13.1 Å². The second-order valence-electron chi connectivity index (χ2n) is 4.11. The summed E-state index contributed by atoms with van der Waals surface area (Å²) in [6, 6.07) is 0. The molecule has 1 heterocycles. The van der Waals surface area contributed by atoms with Gasteiger partial charge in [0.25, 0.3) is 0 Å². The van der Waals surface area contributed by atoms with Crippen molar-refractivity contribution in [2.24, 2.45) is 0 Å². The zero-order valence-electron chi connectivity index (χ0n) is 7.72. The third-order valence-corrected chi connectivity index (χ3v) is 2.02. The Labute approximate surface area is 69.4 Å². The lowest BCUT2D eigenvalue weighted by Gasteiger charge is -2.36. The first-order valence-corrected chi connectivity index (χ1v) is 4.09. The van der Waals surface area contributed by atoms with E-state index in [1.54, 1.807) is 0 Å². The van der Waals surface area contributed by atoms with Gasteiger partial charge < -0.3 is 0 Å². The molecule has 0 saturated heterocycles. The molecule has 1 rings (SSSR count). The van der Waals surface area contributed by atoms with Crippen LogP contribution in [0, 0.1) is 0 Å². The molecule has 0 N–H and O–H groups in total. The molecule has 0 saturated carbocycles. The molecule has 0 fully saturated rings. The van der Waals surface area contributed by atoms with Crippen LogP contribution in [0.5, 0.6) is 0 Å². The average Bonchev–Trinajstić information content (AvgIpc) is 1.86. The molecule has 0 unspecified atom stereocenters. The molecular formula is C10H17N. The highest BCUT2D eigenvalue weighted by Crippen LogP contribution is 2.17. The summed E-state index contributed by atoms with van der Waals surface area (Å²) in [5.41, 5.74) is 1.49. The van der Waals surface area contributed by atoms with Crippen LogP contribution < -0.4 is 0 Å². The van der Waals surface area contributed by atoms with E-state index in [1.807, 2.05) is 0 Å². The van der Waals surface area contributed by atoms with Crippen LogP contribution >= 0.6 is 0 Å². The lowest BCUT2D eigenvalue weighted by molar-refractivity contribution is 0.166. The lowest BCUT2D eigenvalue weighted by atomic mass is 10.0. The Hall–Kier alpha value is -0.560. The number of hydrogen-bond acceptors (Lipinski definition) is 1. The molecule has 0 aliphatic carbocycles. The van der Waals surface area contributed by atoms with Gasteiger partial charge in [-0.2, -0.15) is 0 Å². The molecule has 1 aliphatic heterocycles. The molecule has 1 aliphatic rings. The van der Waals surface area contributed by atoms with Gasteiger partial charge in [0.05, 0.1) is 0 Å². The maximum atomic E-state index is 3.95. The van der Waals surface area contributed by atoms with Gasteiger partial charge in [-0.05, 0) is 26.3 Å². The monoisotopic (exact) mass is 151 g/mol. The van der Waals surface area contributed by atoms with Gasteiger partial charge in [0.15, 0.2) is 0 Å². The van der Waals surface area contributed by atoms with Crippen LogP contribution in [0.4, 0.5) is 0 Å². The Kier molecular flexibility index (Phi) is 2.19. The molecule has 0 bridgehead atoms. The van der Waals surface area contributed by atoms with Crippen LogP contribution in [-0.2, 0) is 0 Å².